The van der Waals surface area contributed by atoms with Crippen LogP contribution in [0, 0.1) is 20.8 Å². The van der Waals surface area contributed by atoms with Gasteiger partial charge in [0.1, 0.15) is 5.75 Å². The minimum Gasteiger partial charge on any atom is -0.497 e. The highest BCUT2D eigenvalue weighted by atomic mass is 16.5. The fourth-order valence-electron chi connectivity index (χ4n) is 3.67. The van der Waals surface area contributed by atoms with E-state index in [1.165, 1.54) is 11.1 Å². The second kappa shape index (κ2) is 7.72. The SMILES string of the molecule is COc1ccc(CN2CN(c3cccc(C)c3)c3nc(C)c(C)c(=O)n3C2)cc1. The highest BCUT2D eigenvalue weighted by molar-refractivity contribution is 5.59. The topological polar surface area (TPSA) is 50.6 Å². The lowest BCUT2D eigenvalue weighted by Crippen LogP contribution is -2.47. The van der Waals surface area contributed by atoms with Crippen molar-refractivity contribution in [1.82, 2.24) is 14.5 Å². The number of ether oxygens (including phenoxy) is 1. The Hall–Kier alpha value is -3.12. The van der Waals surface area contributed by atoms with Crippen molar-refractivity contribution in [2.75, 3.05) is 18.7 Å². The van der Waals surface area contributed by atoms with Gasteiger partial charge in [-0.3, -0.25) is 19.2 Å². The second-order valence-electron chi connectivity index (χ2n) is 7.58. The highest BCUT2D eigenvalue weighted by Crippen LogP contribution is 2.29. The zero-order valence-corrected chi connectivity index (χ0v) is 17.3. The fraction of sp³-hybridized carbons (Fsp3) is 0.304. The van der Waals surface area contributed by atoms with Crippen molar-refractivity contribution >= 4 is 11.6 Å². The number of nitrogens with zero attached hydrogens (tertiary/aromatic N) is 4. The molecule has 3 aromatic rings. The summed E-state index contributed by atoms with van der Waals surface area (Å²) < 4.78 is 7.03. The molecule has 1 aliphatic heterocycles. The van der Waals surface area contributed by atoms with Crippen molar-refractivity contribution in [3.63, 3.8) is 0 Å². The van der Waals surface area contributed by atoms with E-state index in [1.807, 2.05) is 32.0 Å². The molecule has 0 amide bonds. The monoisotopic (exact) mass is 390 g/mol. The van der Waals surface area contributed by atoms with Crippen LogP contribution in [0.4, 0.5) is 11.6 Å². The Balaban J connectivity index is 1.74. The molecule has 2 aromatic carbocycles. The first-order valence-electron chi connectivity index (χ1n) is 9.74. The van der Waals surface area contributed by atoms with Crippen LogP contribution in [0.5, 0.6) is 5.75 Å². The number of fused-ring (bicyclic) bond motifs is 1. The summed E-state index contributed by atoms with van der Waals surface area (Å²) in [6, 6.07) is 16.4. The Labute approximate surface area is 171 Å². The summed E-state index contributed by atoms with van der Waals surface area (Å²) in [5.41, 5.74) is 4.88. The molecule has 0 spiro atoms. The van der Waals surface area contributed by atoms with Gasteiger partial charge in [-0.2, -0.15) is 0 Å². The van der Waals surface area contributed by atoms with Gasteiger partial charge in [0, 0.05) is 23.5 Å². The van der Waals surface area contributed by atoms with E-state index in [4.69, 9.17) is 9.72 Å². The molecule has 150 valence electrons. The van der Waals surface area contributed by atoms with Gasteiger partial charge in [-0.25, -0.2) is 4.98 Å². The molecule has 6 nitrogen and oxygen atoms in total. The Kier molecular flexibility index (Phi) is 5.11. The Bertz CT molecular complexity index is 1090. The van der Waals surface area contributed by atoms with Crippen LogP contribution in [0.15, 0.2) is 53.3 Å². The van der Waals surface area contributed by atoms with Crippen molar-refractivity contribution < 1.29 is 4.74 Å². The van der Waals surface area contributed by atoms with Gasteiger partial charge in [-0.15, -0.1) is 0 Å². The molecule has 4 rings (SSSR count). The standard InChI is InChI=1S/C23H26N4O2/c1-16-6-5-7-20(12-16)26-14-25(13-19-8-10-21(29-4)11-9-19)15-27-22(28)17(2)18(3)24-23(26)27/h5-12H,13-15H2,1-4H3. The van der Waals surface area contributed by atoms with Gasteiger partial charge < -0.3 is 4.74 Å². The number of rotatable bonds is 4. The van der Waals surface area contributed by atoms with Gasteiger partial charge in [-0.05, 0) is 56.2 Å². The molecule has 0 unspecified atom stereocenters. The second-order valence-corrected chi connectivity index (χ2v) is 7.58. The van der Waals surface area contributed by atoms with Crippen LogP contribution in [-0.2, 0) is 13.2 Å². The summed E-state index contributed by atoms with van der Waals surface area (Å²) in [6.45, 7) is 7.71. The summed E-state index contributed by atoms with van der Waals surface area (Å²) in [7, 11) is 1.67. The van der Waals surface area contributed by atoms with Gasteiger partial charge in [0.05, 0.1) is 20.4 Å². The van der Waals surface area contributed by atoms with Crippen molar-refractivity contribution in [2.24, 2.45) is 0 Å². The van der Waals surface area contributed by atoms with E-state index >= 15 is 0 Å². The summed E-state index contributed by atoms with van der Waals surface area (Å²) >= 11 is 0. The first-order valence-corrected chi connectivity index (χ1v) is 9.74. The van der Waals surface area contributed by atoms with E-state index in [0.717, 1.165) is 23.7 Å². The van der Waals surface area contributed by atoms with Crippen LogP contribution < -0.4 is 15.2 Å². The van der Waals surface area contributed by atoms with E-state index in [1.54, 1.807) is 11.7 Å². The molecule has 0 fully saturated rings. The largest absolute Gasteiger partial charge is 0.497 e. The van der Waals surface area contributed by atoms with Crippen molar-refractivity contribution in [1.29, 1.82) is 0 Å². The molecule has 29 heavy (non-hydrogen) atoms. The molecule has 0 bridgehead atoms. The number of hydrogen-bond donors (Lipinski definition) is 0. The smallest absolute Gasteiger partial charge is 0.259 e. The number of aryl methyl sites for hydroxylation is 2. The third-order valence-electron chi connectivity index (χ3n) is 5.42. The van der Waals surface area contributed by atoms with Gasteiger partial charge in [-0.1, -0.05) is 24.3 Å². The molecule has 0 atom stereocenters. The minimum atomic E-state index is 0.0181. The van der Waals surface area contributed by atoms with E-state index in [-0.39, 0.29) is 5.56 Å². The number of aromatic nitrogens is 2. The summed E-state index contributed by atoms with van der Waals surface area (Å²) in [5, 5.41) is 0. The molecule has 6 heteroatoms. The molecule has 0 saturated carbocycles. The number of benzene rings is 2. The van der Waals surface area contributed by atoms with Gasteiger partial charge in [0.2, 0.25) is 5.95 Å². The lowest BCUT2D eigenvalue weighted by molar-refractivity contribution is 0.190. The third kappa shape index (κ3) is 3.76. The van der Waals surface area contributed by atoms with E-state index in [9.17, 15) is 4.79 Å². The van der Waals surface area contributed by atoms with E-state index in [0.29, 0.717) is 24.8 Å². The molecule has 2 heterocycles. The maximum absolute atomic E-state index is 13.0. The summed E-state index contributed by atoms with van der Waals surface area (Å²) in [4.78, 5) is 22.1. The van der Waals surface area contributed by atoms with Crippen LogP contribution in [-0.4, -0.2) is 28.2 Å². The van der Waals surface area contributed by atoms with Crippen molar-refractivity contribution in [2.45, 2.75) is 34.0 Å². The quantitative estimate of drug-likeness (QED) is 0.679. The molecular weight excluding hydrogens is 364 g/mol. The van der Waals surface area contributed by atoms with Crippen LogP contribution in [0.25, 0.3) is 0 Å². The van der Waals surface area contributed by atoms with E-state index < -0.39 is 0 Å². The molecule has 1 aromatic heterocycles. The Morgan fingerprint density at radius 3 is 2.48 bits per heavy atom. The zero-order valence-electron chi connectivity index (χ0n) is 17.3. The average molecular weight is 390 g/mol. The van der Waals surface area contributed by atoms with Crippen molar-refractivity contribution in [3.8, 4) is 5.75 Å². The van der Waals surface area contributed by atoms with Gasteiger partial charge in [0.25, 0.3) is 5.56 Å². The van der Waals surface area contributed by atoms with Crippen molar-refractivity contribution in [3.05, 3.63) is 81.3 Å². The predicted octanol–water partition coefficient (Wildman–Crippen LogP) is 3.75. The number of anilines is 2. The van der Waals surface area contributed by atoms with Crippen LogP contribution >= 0.6 is 0 Å². The zero-order chi connectivity index (χ0) is 20.5. The van der Waals surface area contributed by atoms with E-state index in [2.05, 4.69) is 47.1 Å². The maximum atomic E-state index is 13.0. The summed E-state index contributed by atoms with van der Waals surface area (Å²) in [5.74, 6) is 1.54. The van der Waals surface area contributed by atoms with Gasteiger partial charge in [0.15, 0.2) is 0 Å². The molecular formula is C23H26N4O2. The molecule has 0 aliphatic carbocycles. The number of hydrogen-bond acceptors (Lipinski definition) is 5. The molecule has 0 N–H and O–H groups in total. The number of methoxy groups -OCH3 is 1. The minimum absolute atomic E-state index is 0.0181. The third-order valence-corrected chi connectivity index (χ3v) is 5.42. The Morgan fingerprint density at radius 2 is 1.79 bits per heavy atom. The lowest BCUT2D eigenvalue weighted by atomic mass is 10.2. The van der Waals surface area contributed by atoms with Crippen LogP contribution in [0.1, 0.15) is 22.4 Å². The first-order chi connectivity index (χ1) is 14.0. The average Bonchev–Trinajstić information content (AvgIpc) is 2.73. The normalized spacial score (nSPS) is 14.0. The molecule has 1 aliphatic rings. The molecule has 0 saturated heterocycles. The summed E-state index contributed by atoms with van der Waals surface area (Å²) in [6.07, 6.45) is 0. The van der Waals surface area contributed by atoms with Crippen LogP contribution in [0.3, 0.4) is 0 Å². The predicted molar refractivity (Wildman–Crippen MR) is 115 cm³/mol. The van der Waals surface area contributed by atoms with Gasteiger partial charge >= 0.3 is 0 Å². The Morgan fingerprint density at radius 1 is 1.03 bits per heavy atom. The maximum Gasteiger partial charge on any atom is 0.259 e. The first kappa shape index (κ1) is 19.2. The fourth-order valence-corrected chi connectivity index (χ4v) is 3.67. The lowest BCUT2D eigenvalue weighted by Gasteiger charge is -2.38. The van der Waals surface area contributed by atoms with Crippen LogP contribution in [0.2, 0.25) is 0 Å². The molecule has 0 radical (unpaired) electrons. The highest BCUT2D eigenvalue weighted by Gasteiger charge is 2.27.